The third kappa shape index (κ3) is 24.7. The van der Waals surface area contributed by atoms with Crippen LogP contribution in [-0.4, -0.2) is 40.7 Å². The van der Waals surface area contributed by atoms with Crippen molar-refractivity contribution < 1.29 is 20.1 Å². The second kappa shape index (κ2) is 11.2. The first kappa shape index (κ1) is 14.7. The van der Waals surface area contributed by atoms with E-state index in [2.05, 4.69) is 5.32 Å². The second-order valence-electron chi connectivity index (χ2n) is 2.62. The van der Waals surface area contributed by atoms with Crippen molar-refractivity contribution in [2.75, 3.05) is 13.2 Å². The minimum Gasteiger partial charge on any atom is -0.465 e. The number of aliphatic hydroxyl groups excluding tert-OH is 2. The lowest BCUT2D eigenvalue weighted by molar-refractivity contribution is 0.110. The Morgan fingerprint density at radius 1 is 1.54 bits per heavy atom. The van der Waals surface area contributed by atoms with E-state index in [0.717, 1.165) is 12.8 Å². The van der Waals surface area contributed by atoms with Gasteiger partial charge in [-0.3, -0.25) is 0 Å². The summed E-state index contributed by atoms with van der Waals surface area (Å²) in [5.74, 6) is 0. The fourth-order valence-electron chi connectivity index (χ4n) is 0.372. The summed E-state index contributed by atoms with van der Waals surface area (Å²) in [6.07, 6.45) is 0.459. The number of hydrogen-bond donors (Lipinski definition) is 4. The Hall–Kier alpha value is -0.810. The number of carbonyl (C=O) groups is 1. The SMILES string of the molecule is CC(O)CO.CCCCNC(=O)O. The van der Waals surface area contributed by atoms with E-state index in [1.165, 1.54) is 6.92 Å². The summed E-state index contributed by atoms with van der Waals surface area (Å²) in [4.78, 5) is 9.76. The van der Waals surface area contributed by atoms with E-state index in [0.29, 0.717) is 6.54 Å². The Labute approximate surface area is 78.4 Å². The molecule has 1 unspecified atom stereocenters. The molecule has 0 saturated heterocycles. The van der Waals surface area contributed by atoms with Gasteiger partial charge in [0, 0.05) is 6.54 Å². The van der Waals surface area contributed by atoms with Crippen LogP contribution in [0.4, 0.5) is 4.79 Å². The Bertz CT molecular complexity index is 117. The fourth-order valence-corrected chi connectivity index (χ4v) is 0.372. The van der Waals surface area contributed by atoms with E-state index in [1.807, 2.05) is 6.92 Å². The van der Waals surface area contributed by atoms with Crippen LogP contribution in [0.15, 0.2) is 0 Å². The average molecular weight is 193 g/mol. The van der Waals surface area contributed by atoms with E-state index in [-0.39, 0.29) is 6.61 Å². The van der Waals surface area contributed by atoms with Crippen LogP contribution < -0.4 is 5.32 Å². The van der Waals surface area contributed by atoms with Crippen molar-refractivity contribution in [3.8, 4) is 0 Å². The monoisotopic (exact) mass is 193 g/mol. The lowest BCUT2D eigenvalue weighted by Crippen LogP contribution is -2.21. The molecule has 0 rings (SSSR count). The minimum absolute atomic E-state index is 0.139. The average Bonchev–Trinajstić information content (AvgIpc) is 2.05. The third-order valence-electron chi connectivity index (χ3n) is 1.07. The van der Waals surface area contributed by atoms with Crippen LogP contribution in [0.25, 0.3) is 0 Å². The van der Waals surface area contributed by atoms with E-state index >= 15 is 0 Å². The van der Waals surface area contributed by atoms with Gasteiger partial charge >= 0.3 is 6.09 Å². The highest BCUT2D eigenvalue weighted by Crippen LogP contribution is 1.80. The van der Waals surface area contributed by atoms with Gasteiger partial charge in [0.05, 0.1) is 12.7 Å². The standard InChI is InChI=1S/C5H11NO2.C3H8O2/c1-2-3-4-6-5(7)8;1-3(5)2-4/h6H,2-4H2,1H3,(H,7,8);3-5H,2H2,1H3. The molecule has 0 spiro atoms. The molecule has 5 nitrogen and oxygen atoms in total. The van der Waals surface area contributed by atoms with Gasteiger partial charge < -0.3 is 20.6 Å². The molecule has 1 atom stereocenters. The molecular weight excluding hydrogens is 174 g/mol. The third-order valence-corrected chi connectivity index (χ3v) is 1.07. The van der Waals surface area contributed by atoms with Gasteiger partial charge in [-0.15, -0.1) is 0 Å². The number of unbranched alkanes of at least 4 members (excludes halogenated alkanes) is 1. The number of aliphatic hydroxyl groups is 2. The summed E-state index contributed by atoms with van der Waals surface area (Å²) in [5, 5.41) is 26.3. The Morgan fingerprint density at radius 2 is 2.00 bits per heavy atom. The van der Waals surface area contributed by atoms with Gasteiger partial charge in [0.15, 0.2) is 0 Å². The van der Waals surface area contributed by atoms with E-state index in [1.54, 1.807) is 0 Å². The normalized spacial score (nSPS) is 11.1. The highest BCUT2D eigenvalue weighted by molar-refractivity contribution is 5.64. The molecule has 0 aliphatic heterocycles. The smallest absolute Gasteiger partial charge is 0.404 e. The number of carboxylic acid groups (broad SMARTS) is 1. The fraction of sp³-hybridized carbons (Fsp3) is 0.875. The topological polar surface area (TPSA) is 89.8 Å². The van der Waals surface area contributed by atoms with Crippen LogP contribution in [0.1, 0.15) is 26.7 Å². The molecule has 0 saturated carbocycles. The van der Waals surface area contributed by atoms with Crippen molar-refractivity contribution in [1.29, 1.82) is 0 Å². The molecule has 0 fully saturated rings. The lowest BCUT2D eigenvalue weighted by atomic mass is 10.3. The van der Waals surface area contributed by atoms with Gasteiger partial charge in [0.2, 0.25) is 0 Å². The van der Waals surface area contributed by atoms with Gasteiger partial charge in [-0.1, -0.05) is 13.3 Å². The molecule has 4 N–H and O–H groups in total. The van der Waals surface area contributed by atoms with Crippen LogP contribution >= 0.6 is 0 Å². The zero-order valence-corrected chi connectivity index (χ0v) is 8.16. The summed E-state index contributed by atoms with van der Waals surface area (Å²) < 4.78 is 0. The number of amides is 1. The summed E-state index contributed by atoms with van der Waals surface area (Å²) in [6.45, 7) is 3.98. The first-order valence-electron chi connectivity index (χ1n) is 4.30. The molecule has 0 radical (unpaired) electrons. The molecular formula is C8H19NO4. The van der Waals surface area contributed by atoms with Gasteiger partial charge in [0.25, 0.3) is 0 Å². The summed E-state index contributed by atoms with van der Waals surface area (Å²) in [7, 11) is 0. The molecule has 0 bridgehead atoms. The van der Waals surface area contributed by atoms with Crippen LogP contribution in [0, 0.1) is 0 Å². The van der Waals surface area contributed by atoms with Crippen molar-refractivity contribution in [3.63, 3.8) is 0 Å². The molecule has 0 aliphatic carbocycles. The maximum atomic E-state index is 9.76. The van der Waals surface area contributed by atoms with Crippen molar-refractivity contribution in [2.24, 2.45) is 0 Å². The highest BCUT2D eigenvalue weighted by atomic mass is 16.4. The molecule has 0 aromatic rings. The molecule has 13 heavy (non-hydrogen) atoms. The second-order valence-corrected chi connectivity index (χ2v) is 2.62. The molecule has 0 aromatic carbocycles. The molecule has 80 valence electrons. The maximum absolute atomic E-state index is 9.76. The largest absolute Gasteiger partial charge is 0.465 e. The van der Waals surface area contributed by atoms with Crippen LogP contribution in [0.2, 0.25) is 0 Å². The molecule has 0 heterocycles. The quantitative estimate of drug-likeness (QED) is 0.487. The van der Waals surface area contributed by atoms with Crippen molar-refractivity contribution >= 4 is 6.09 Å². The molecule has 1 amide bonds. The van der Waals surface area contributed by atoms with Crippen LogP contribution in [0.3, 0.4) is 0 Å². The van der Waals surface area contributed by atoms with Crippen LogP contribution in [-0.2, 0) is 0 Å². The van der Waals surface area contributed by atoms with E-state index in [9.17, 15) is 4.79 Å². The van der Waals surface area contributed by atoms with Crippen LogP contribution in [0.5, 0.6) is 0 Å². The summed E-state index contributed by atoms with van der Waals surface area (Å²) in [6, 6.07) is 0. The van der Waals surface area contributed by atoms with E-state index in [4.69, 9.17) is 15.3 Å². The number of nitrogens with one attached hydrogen (secondary N) is 1. The number of hydrogen-bond acceptors (Lipinski definition) is 3. The summed E-state index contributed by atoms with van der Waals surface area (Å²) >= 11 is 0. The lowest BCUT2D eigenvalue weighted by Gasteiger charge is -1.94. The Balaban J connectivity index is 0. The number of rotatable bonds is 4. The van der Waals surface area contributed by atoms with Crippen molar-refractivity contribution in [3.05, 3.63) is 0 Å². The van der Waals surface area contributed by atoms with Gasteiger partial charge in [-0.05, 0) is 13.3 Å². The van der Waals surface area contributed by atoms with Crippen molar-refractivity contribution in [2.45, 2.75) is 32.8 Å². The van der Waals surface area contributed by atoms with Gasteiger partial charge in [-0.25, -0.2) is 4.79 Å². The molecule has 5 heteroatoms. The first-order chi connectivity index (χ1) is 6.04. The van der Waals surface area contributed by atoms with Gasteiger partial charge in [0.1, 0.15) is 0 Å². The zero-order valence-electron chi connectivity index (χ0n) is 8.16. The summed E-state index contributed by atoms with van der Waals surface area (Å²) in [5.41, 5.74) is 0. The first-order valence-corrected chi connectivity index (χ1v) is 4.30. The maximum Gasteiger partial charge on any atom is 0.404 e. The molecule has 0 aromatic heterocycles. The highest BCUT2D eigenvalue weighted by Gasteiger charge is 1.88. The van der Waals surface area contributed by atoms with Crippen molar-refractivity contribution in [1.82, 2.24) is 5.32 Å². The zero-order chi connectivity index (χ0) is 10.7. The predicted molar refractivity (Wildman–Crippen MR) is 49.7 cm³/mol. The Morgan fingerprint density at radius 3 is 2.23 bits per heavy atom. The predicted octanol–water partition coefficient (Wildman–Crippen LogP) is 0.414. The minimum atomic E-state index is -0.932. The molecule has 0 aliphatic rings. The Kier molecular flexibility index (Phi) is 12.7. The van der Waals surface area contributed by atoms with E-state index < -0.39 is 12.2 Å². The van der Waals surface area contributed by atoms with Gasteiger partial charge in [-0.2, -0.15) is 0 Å².